The average Bonchev–Trinajstić information content (AvgIpc) is 3.20. The second-order valence-corrected chi connectivity index (χ2v) is 6.10. The number of hydrogen-bond acceptors (Lipinski definition) is 2. The number of hydrogen-bond donors (Lipinski definition) is 1. The SMILES string of the molecule is CCc1cc(C2CC2)cc(C)c1C1C(=O)NC(C)C1=O. The number of amides is 1. The largest absolute Gasteiger partial charge is 0.346 e. The summed E-state index contributed by atoms with van der Waals surface area (Å²) in [5, 5.41) is 2.75. The topological polar surface area (TPSA) is 46.2 Å². The molecule has 1 heterocycles. The molecule has 1 aromatic carbocycles. The molecule has 1 aromatic rings. The minimum Gasteiger partial charge on any atom is -0.346 e. The fourth-order valence-electron chi connectivity index (χ4n) is 3.28. The van der Waals surface area contributed by atoms with Crippen molar-refractivity contribution in [3.63, 3.8) is 0 Å². The molecule has 2 atom stereocenters. The molecule has 1 saturated carbocycles. The Balaban J connectivity index is 2.08. The van der Waals surface area contributed by atoms with Crippen molar-refractivity contribution in [1.82, 2.24) is 5.32 Å². The summed E-state index contributed by atoms with van der Waals surface area (Å²) in [7, 11) is 0. The average molecular weight is 271 g/mol. The first-order valence-electron chi connectivity index (χ1n) is 7.50. The smallest absolute Gasteiger partial charge is 0.235 e. The molecule has 3 nitrogen and oxygen atoms in total. The molecule has 0 bridgehead atoms. The van der Waals surface area contributed by atoms with Gasteiger partial charge in [-0.05, 0) is 61.3 Å². The van der Waals surface area contributed by atoms with Gasteiger partial charge < -0.3 is 5.32 Å². The maximum absolute atomic E-state index is 12.3. The molecule has 1 aliphatic carbocycles. The van der Waals surface area contributed by atoms with E-state index >= 15 is 0 Å². The first-order valence-corrected chi connectivity index (χ1v) is 7.50. The zero-order chi connectivity index (χ0) is 14.4. The molecular formula is C17H21NO2. The van der Waals surface area contributed by atoms with Crippen LogP contribution in [0.1, 0.15) is 60.8 Å². The first-order chi connectivity index (χ1) is 9.52. The summed E-state index contributed by atoms with van der Waals surface area (Å²) in [6, 6.07) is 4.03. The molecule has 0 radical (unpaired) electrons. The van der Waals surface area contributed by atoms with Crippen molar-refractivity contribution in [3.05, 3.63) is 34.4 Å². The summed E-state index contributed by atoms with van der Waals surface area (Å²) < 4.78 is 0. The lowest BCUT2D eigenvalue weighted by atomic mass is 9.84. The summed E-state index contributed by atoms with van der Waals surface area (Å²) in [6.45, 7) is 5.89. The number of nitrogens with one attached hydrogen (secondary N) is 1. The molecular weight excluding hydrogens is 250 g/mol. The van der Waals surface area contributed by atoms with Crippen LogP contribution in [0.3, 0.4) is 0 Å². The van der Waals surface area contributed by atoms with Gasteiger partial charge in [0.05, 0.1) is 6.04 Å². The highest BCUT2D eigenvalue weighted by atomic mass is 16.2. The summed E-state index contributed by atoms with van der Waals surface area (Å²) in [5.41, 5.74) is 4.58. The third-order valence-corrected chi connectivity index (χ3v) is 4.55. The molecule has 1 amide bonds. The van der Waals surface area contributed by atoms with E-state index in [1.165, 1.54) is 18.4 Å². The van der Waals surface area contributed by atoms with Gasteiger partial charge in [0, 0.05) is 0 Å². The van der Waals surface area contributed by atoms with Gasteiger partial charge in [-0.1, -0.05) is 19.1 Å². The highest BCUT2D eigenvalue weighted by Gasteiger charge is 2.41. The van der Waals surface area contributed by atoms with Crippen molar-refractivity contribution in [2.24, 2.45) is 0 Å². The van der Waals surface area contributed by atoms with Gasteiger partial charge in [-0.3, -0.25) is 9.59 Å². The Bertz CT molecular complexity index is 587. The summed E-state index contributed by atoms with van der Waals surface area (Å²) in [6.07, 6.45) is 3.39. The quantitative estimate of drug-likeness (QED) is 0.859. The number of carbonyl (C=O) groups is 2. The second-order valence-electron chi connectivity index (χ2n) is 6.10. The second kappa shape index (κ2) is 4.72. The minimum atomic E-state index is -0.604. The lowest BCUT2D eigenvalue weighted by molar-refractivity contribution is -0.124. The van der Waals surface area contributed by atoms with E-state index in [2.05, 4.69) is 24.4 Å². The van der Waals surface area contributed by atoms with Crippen LogP contribution < -0.4 is 5.32 Å². The molecule has 3 rings (SSSR count). The third kappa shape index (κ3) is 2.05. The normalized spacial score (nSPS) is 25.9. The van der Waals surface area contributed by atoms with Crippen molar-refractivity contribution < 1.29 is 9.59 Å². The third-order valence-electron chi connectivity index (χ3n) is 4.55. The lowest BCUT2D eigenvalue weighted by Crippen LogP contribution is -2.25. The van der Waals surface area contributed by atoms with E-state index in [0.29, 0.717) is 5.92 Å². The van der Waals surface area contributed by atoms with Crippen LogP contribution >= 0.6 is 0 Å². The van der Waals surface area contributed by atoms with Crippen LogP contribution in [0.4, 0.5) is 0 Å². The highest BCUT2D eigenvalue weighted by Crippen LogP contribution is 2.42. The zero-order valence-electron chi connectivity index (χ0n) is 12.3. The van der Waals surface area contributed by atoms with Crippen molar-refractivity contribution in [2.75, 3.05) is 0 Å². The number of aryl methyl sites for hydroxylation is 2. The van der Waals surface area contributed by atoms with Gasteiger partial charge in [0.1, 0.15) is 5.92 Å². The van der Waals surface area contributed by atoms with Gasteiger partial charge in [-0.15, -0.1) is 0 Å². The van der Waals surface area contributed by atoms with Gasteiger partial charge in [0.25, 0.3) is 0 Å². The molecule has 2 fully saturated rings. The first kappa shape index (κ1) is 13.3. The number of carbonyl (C=O) groups excluding carboxylic acids is 2. The predicted molar refractivity (Wildman–Crippen MR) is 77.9 cm³/mol. The van der Waals surface area contributed by atoms with Crippen LogP contribution in [-0.4, -0.2) is 17.7 Å². The van der Waals surface area contributed by atoms with Gasteiger partial charge in [0.15, 0.2) is 5.78 Å². The molecule has 2 unspecified atom stereocenters. The minimum absolute atomic E-state index is 0.00646. The van der Waals surface area contributed by atoms with Crippen molar-refractivity contribution in [2.45, 2.75) is 57.9 Å². The van der Waals surface area contributed by atoms with E-state index < -0.39 is 5.92 Å². The Morgan fingerprint density at radius 3 is 2.45 bits per heavy atom. The molecule has 1 saturated heterocycles. The molecule has 106 valence electrons. The fourth-order valence-corrected chi connectivity index (χ4v) is 3.28. The molecule has 3 heteroatoms. The lowest BCUT2D eigenvalue weighted by Gasteiger charge is -2.17. The Morgan fingerprint density at radius 1 is 1.25 bits per heavy atom. The van der Waals surface area contributed by atoms with E-state index in [9.17, 15) is 9.59 Å². The number of Topliss-reactive ketones (excluding diaryl/α,β-unsaturated/α-hetero) is 1. The maximum atomic E-state index is 12.3. The van der Waals surface area contributed by atoms with E-state index in [1.54, 1.807) is 6.92 Å². The van der Waals surface area contributed by atoms with Gasteiger partial charge in [0.2, 0.25) is 5.91 Å². The summed E-state index contributed by atoms with van der Waals surface area (Å²) >= 11 is 0. The van der Waals surface area contributed by atoms with Crippen LogP contribution in [0, 0.1) is 6.92 Å². The highest BCUT2D eigenvalue weighted by molar-refractivity contribution is 6.15. The predicted octanol–water partition coefficient (Wildman–Crippen LogP) is 2.61. The molecule has 20 heavy (non-hydrogen) atoms. The molecule has 2 aliphatic rings. The van der Waals surface area contributed by atoms with Crippen LogP contribution in [0.25, 0.3) is 0 Å². The van der Waals surface area contributed by atoms with E-state index in [4.69, 9.17) is 0 Å². The fraction of sp³-hybridized carbons (Fsp3) is 0.529. The molecule has 1 aliphatic heterocycles. The Labute approximate surface area is 119 Å². The van der Waals surface area contributed by atoms with Crippen LogP contribution in [0.15, 0.2) is 12.1 Å². The van der Waals surface area contributed by atoms with Gasteiger partial charge in [-0.25, -0.2) is 0 Å². The van der Waals surface area contributed by atoms with E-state index in [1.807, 2.05) is 6.92 Å². The van der Waals surface area contributed by atoms with Crippen LogP contribution in [0.5, 0.6) is 0 Å². The monoisotopic (exact) mass is 271 g/mol. The zero-order valence-corrected chi connectivity index (χ0v) is 12.3. The van der Waals surface area contributed by atoms with E-state index in [-0.39, 0.29) is 17.7 Å². The maximum Gasteiger partial charge on any atom is 0.235 e. The Morgan fingerprint density at radius 2 is 1.95 bits per heavy atom. The standard InChI is InChI=1S/C17H21NO2/c1-4-11-8-13(12-5-6-12)7-9(2)14(11)15-16(19)10(3)18-17(15)20/h7-8,10,12,15H,4-6H2,1-3H3,(H,18,20). The molecule has 0 spiro atoms. The Hall–Kier alpha value is -1.64. The number of benzene rings is 1. The van der Waals surface area contributed by atoms with Crippen LogP contribution in [-0.2, 0) is 16.0 Å². The van der Waals surface area contributed by atoms with Crippen molar-refractivity contribution in [1.29, 1.82) is 0 Å². The number of rotatable bonds is 3. The van der Waals surface area contributed by atoms with Gasteiger partial charge in [-0.2, -0.15) is 0 Å². The van der Waals surface area contributed by atoms with Crippen molar-refractivity contribution in [3.8, 4) is 0 Å². The summed E-state index contributed by atoms with van der Waals surface area (Å²) in [5.74, 6) is -0.0419. The van der Waals surface area contributed by atoms with E-state index in [0.717, 1.165) is 23.1 Å². The summed E-state index contributed by atoms with van der Waals surface area (Å²) in [4.78, 5) is 24.4. The molecule has 1 N–H and O–H groups in total. The molecule has 0 aromatic heterocycles. The Kier molecular flexibility index (Phi) is 3.15. The van der Waals surface area contributed by atoms with Gasteiger partial charge >= 0.3 is 0 Å². The van der Waals surface area contributed by atoms with Crippen molar-refractivity contribution >= 4 is 11.7 Å². The van der Waals surface area contributed by atoms with Crippen LogP contribution in [0.2, 0.25) is 0 Å². The number of ketones is 1.